The summed E-state index contributed by atoms with van der Waals surface area (Å²) in [6.45, 7) is 2.59. The van der Waals surface area contributed by atoms with Gasteiger partial charge in [-0.3, -0.25) is 0 Å². The first-order valence-corrected chi connectivity index (χ1v) is 8.47. The van der Waals surface area contributed by atoms with Gasteiger partial charge in [-0.25, -0.2) is 9.59 Å². The Kier molecular flexibility index (Phi) is 7.14. The van der Waals surface area contributed by atoms with Gasteiger partial charge in [-0.15, -0.1) is 0 Å². The summed E-state index contributed by atoms with van der Waals surface area (Å²) in [5.74, 6) is -1.93. The molecule has 1 amide bonds. The molecule has 0 aromatic heterocycles. The molecule has 4 atom stereocenters. The molecule has 1 fully saturated rings. The third kappa shape index (κ3) is 5.64. The molecule has 1 aromatic carbocycles. The number of ether oxygens (including phenoxy) is 4. The van der Waals surface area contributed by atoms with Crippen LogP contribution in [0.15, 0.2) is 30.3 Å². The third-order valence-corrected chi connectivity index (χ3v) is 4.00. The fourth-order valence-corrected chi connectivity index (χ4v) is 2.77. The van der Waals surface area contributed by atoms with E-state index in [0.29, 0.717) is 0 Å². The number of alkyl carbamates (subject to hydrolysis) is 1. The summed E-state index contributed by atoms with van der Waals surface area (Å²) in [4.78, 5) is 24.4. The van der Waals surface area contributed by atoms with Gasteiger partial charge >= 0.3 is 12.1 Å². The average Bonchev–Trinajstić information content (AvgIpc) is 2.99. The first kappa shape index (κ1) is 21.1. The van der Waals surface area contributed by atoms with Crippen LogP contribution in [-0.2, 0) is 30.3 Å². The number of nitrogens with one attached hydrogen (secondary N) is 1. The molecule has 1 heterocycles. The molecule has 9 nitrogen and oxygen atoms in total. The van der Waals surface area contributed by atoms with Crippen molar-refractivity contribution in [3.05, 3.63) is 35.9 Å². The molecule has 9 heteroatoms. The van der Waals surface area contributed by atoms with Crippen molar-refractivity contribution in [3.8, 4) is 0 Å². The number of carbonyl (C=O) groups excluding carboxylic acids is 2. The Morgan fingerprint density at radius 3 is 2.44 bits per heavy atom. The molecule has 150 valence electrons. The molecule has 2 rings (SSSR count). The van der Waals surface area contributed by atoms with E-state index in [4.69, 9.17) is 18.9 Å². The van der Waals surface area contributed by atoms with Crippen molar-refractivity contribution in [2.45, 2.75) is 50.6 Å². The van der Waals surface area contributed by atoms with E-state index in [1.807, 2.05) is 6.07 Å². The fraction of sp³-hybridized carbons (Fsp3) is 0.556. The number of aliphatic hydroxyl groups is 2. The molecule has 0 saturated carbocycles. The summed E-state index contributed by atoms with van der Waals surface area (Å²) >= 11 is 0. The van der Waals surface area contributed by atoms with Crippen molar-refractivity contribution in [2.24, 2.45) is 0 Å². The monoisotopic (exact) mass is 383 g/mol. The smallest absolute Gasteiger partial charge is 0.408 e. The highest BCUT2D eigenvalue weighted by atomic mass is 16.8. The molecule has 0 spiro atoms. The van der Waals surface area contributed by atoms with E-state index in [-0.39, 0.29) is 6.61 Å². The maximum atomic E-state index is 12.2. The van der Waals surface area contributed by atoms with Gasteiger partial charge in [-0.2, -0.15) is 0 Å². The van der Waals surface area contributed by atoms with Crippen LogP contribution >= 0.6 is 0 Å². The number of methoxy groups -OCH3 is 1. The number of hydrogen-bond donors (Lipinski definition) is 3. The van der Waals surface area contributed by atoms with E-state index in [1.165, 1.54) is 0 Å². The Morgan fingerprint density at radius 1 is 1.22 bits per heavy atom. The zero-order chi connectivity index (χ0) is 20.0. The Bertz CT molecular complexity index is 636. The fourth-order valence-electron chi connectivity index (χ4n) is 2.77. The summed E-state index contributed by atoms with van der Waals surface area (Å²) in [6, 6.07) is 7.72. The molecule has 1 aliphatic heterocycles. The molecule has 0 bridgehead atoms. The number of rotatable bonds is 7. The summed E-state index contributed by atoms with van der Waals surface area (Å²) in [7, 11) is 1.16. The van der Waals surface area contributed by atoms with Gasteiger partial charge in [0.25, 0.3) is 0 Å². The number of benzene rings is 1. The van der Waals surface area contributed by atoms with E-state index in [2.05, 4.69) is 5.32 Å². The van der Waals surface area contributed by atoms with Crippen molar-refractivity contribution in [3.63, 3.8) is 0 Å². The number of carbonyl (C=O) groups is 2. The van der Waals surface area contributed by atoms with Crippen LogP contribution in [0.4, 0.5) is 4.79 Å². The lowest BCUT2D eigenvalue weighted by molar-refractivity contribution is -0.162. The highest BCUT2D eigenvalue weighted by Gasteiger charge is 2.51. The lowest BCUT2D eigenvalue weighted by Gasteiger charge is -2.26. The Balaban J connectivity index is 2.09. The van der Waals surface area contributed by atoms with Gasteiger partial charge in [0.05, 0.1) is 13.7 Å². The Labute approximate surface area is 157 Å². The Hall–Kier alpha value is -2.20. The lowest BCUT2D eigenvalue weighted by Crippen LogP contribution is -2.55. The van der Waals surface area contributed by atoms with E-state index < -0.39 is 48.8 Å². The molecule has 27 heavy (non-hydrogen) atoms. The van der Waals surface area contributed by atoms with Crippen LogP contribution in [0, 0.1) is 0 Å². The van der Waals surface area contributed by atoms with Crippen molar-refractivity contribution in [2.75, 3.05) is 13.7 Å². The SMILES string of the molecule is COC(=O)[C@@H](NC(=O)OCc1ccccc1)[C@H]1OC(C)(C)O[C@@H]1[C@H](O)CO. The molecule has 3 N–H and O–H groups in total. The van der Waals surface area contributed by atoms with Gasteiger partial charge in [0.15, 0.2) is 11.8 Å². The maximum absolute atomic E-state index is 12.2. The van der Waals surface area contributed by atoms with Crippen LogP contribution < -0.4 is 5.32 Å². The van der Waals surface area contributed by atoms with Crippen LogP contribution in [0.3, 0.4) is 0 Å². The van der Waals surface area contributed by atoms with Gasteiger partial charge in [-0.05, 0) is 19.4 Å². The van der Waals surface area contributed by atoms with Crippen molar-refractivity contribution in [1.29, 1.82) is 0 Å². The molecular formula is C18H25NO8. The summed E-state index contributed by atoms with van der Waals surface area (Å²) in [5, 5.41) is 21.6. The first-order chi connectivity index (χ1) is 12.8. The van der Waals surface area contributed by atoms with Gasteiger partial charge < -0.3 is 34.5 Å². The Morgan fingerprint density at radius 2 is 1.85 bits per heavy atom. The minimum atomic E-state index is -1.31. The van der Waals surface area contributed by atoms with Gasteiger partial charge in [0, 0.05) is 0 Å². The van der Waals surface area contributed by atoms with Crippen LogP contribution in [0.1, 0.15) is 19.4 Å². The zero-order valence-corrected chi connectivity index (χ0v) is 15.5. The molecule has 0 radical (unpaired) electrons. The maximum Gasteiger partial charge on any atom is 0.408 e. The molecule has 0 unspecified atom stereocenters. The second-order valence-electron chi connectivity index (χ2n) is 6.52. The van der Waals surface area contributed by atoms with E-state index in [0.717, 1.165) is 12.7 Å². The topological polar surface area (TPSA) is 124 Å². The largest absolute Gasteiger partial charge is 0.467 e. The zero-order valence-electron chi connectivity index (χ0n) is 15.5. The standard InChI is InChI=1S/C18H25NO8/c1-18(2)26-14(12(21)9-20)15(27-18)13(16(22)24-3)19-17(23)25-10-11-7-5-4-6-8-11/h4-8,12-15,20-21H,9-10H2,1-3H3,(H,19,23)/t12-,13+,14-,15-/m1/s1. The highest BCUT2D eigenvalue weighted by molar-refractivity contribution is 5.82. The van der Waals surface area contributed by atoms with Crippen LogP contribution in [0.2, 0.25) is 0 Å². The molecular weight excluding hydrogens is 358 g/mol. The molecule has 1 saturated heterocycles. The first-order valence-electron chi connectivity index (χ1n) is 8.47. The summed E-state index contributed by atoms with van der Waals surface area (Å²) in [6.07, 6.45) is -4.31. The van der Waals surface area contributed by atoms with Crippen LogP contribution in [0.25, 0.3) is 0 Å². The highest BCUT2D eigenvalue weighted by Crippen LogP contribution is 2.32. The number of aliphatic hydroxyl groups excluding tert-OH is 2. The van der Waals surface area contributed by atoms with Crippen molar-refractivity contribution in [1.82, 2.24) is 5.32 Å². The predicted molar refractivity (Wildman–Crippen MR) is 92.5 cm³/mol. The summed E-state index contributed by atoms with van der Waals surface area (Å²) in [5.41, 5.74) is 0.775. The number of amides is 1. The quantitative estimate of drug-likeness (QED) is 0.576. The van der Waals surface area contributed by atoms with Gasteiger partial charge in [0.1, 0.15) is 24.9 Å². The predicted octanol–water partition coefficient (Wildman–Crippen LogP) is 0.328. The third-order valence-electron chi connectivity index (χ3n) is 4.00. The van der Waals surface area contributed by atoms with E-state index >= 15 is 0 Å². The minimum Gasteiger partial charge on any atom is -0.467 e. The number of hydrogen-bond acceptors (Lipinski definition) is 8. The number of esters is 1. The molecule has 1 aliphatic rings. The van der Waals surface area contributed by atoms with Crippen molar-refractivity contribution < 1.29 is 38.7 Å². The second kappa shape index (κ2) is 9.14. The van der Waals surface area contributed by atoms with E-state index in [1.54, 1.807) is 38.1 Å². The van der Waals surface area contributed by atoms with Crippen LogP contribution in [0.5, 0.6) is 0 Å². The summed E-state index contributed by atoms with van der Waals surface area (Å²) < 4.78 is 21.1. The van der Waals surface area contributed by atoms with E-state index in [9.17, 15) is 19.8 Å². The molecule has 1 aromatic rings. The van der Waals surface area contributed by atoms with Gasteiger partial charge in [0.2, 0.25) is 0 Å². The average molecular weight is 383 g/mol. The lowest BCUT2D eigenvalue weighted by atomic mass is 10.0. The van der Waals surface area contributed by atoms with Crippen LogP contribution in [-0.4, -0.2) is 66.1 Å². The molecule has 0 aliphatic carbocycles. The minimum absolute atomic E-state index is 0.0107. The second-order valence-corrected chi connectivity index (χ2v) is 6.52. The van der Waals surface area contributed by atoms with Crippen molar-refractivity contribution >= 4 is 12.1 Å². The normalized spacial score (nSPS) is 23.3. The van der Waals surface area contributed by atoms with Gasteiger partial charge in [-0.1, -0.05) is 30.3 Å².